The Morgan fingerprint density at radius 1 is 0.730 bits per heavy atom. The van der Waals surface area contributed by atoms with Crippen molar-refractivity contribution in [2.75, 3.05) is 0 Å². The molecule has 3 atom stereocenters. The number of hydrogen-bond acceptors (Lipinski definition) is 2. The van der Waals surface area contributed by atoms with Crippen molar-refractivity contribution >= 4 is 11.9 Å². The first kappa shape index (κ1) is 30.9. The highest BCUT2D eigenvalue weighted by atomic mass is 16.3. The van der Waals surface area contributed by atoms with Crippen molar-refractivity contribution < 1.29 is 9.90 Å². The number of allylic oxidation sites excluding steroid dienone is 1. The molecule has 0 aliphatic heterocycles. The van der Waals surface area contributed by atoms with Crippen molar-refractivity contribution in [2.24, 2.45) is 0 Å². The van der Waals surface area contributed by atoms with E-state index in [2.05, 4.69) is 84.9 Å². The summed E-state index contributed by atoms with van der Waals surface area (Å²) in [6, 6.07) is 13.1. The molecule has 0 aliphatic rings. The number of hydrogen-bond donors (Lipinski definition) is 1. The molecule has 0 aromatic heterocycles. The Balaban J connectivity index is 2.64. The van der Waals surface area contributed by atoms with E-state index >= 15 is 0 Å². The van der Waals surface area contributed by atoms with Gasteiger partial charge in [0.15, 0.2) is 5.76 Å². The fourth-order valence-corrected chi connectivity index (χ4v) is 5.88. The van der Waals surface area contributed by atoms with Gasteiger partial charge in [0.2, 0.25) is 5.78 Å². The Bertz CT molecular complexity index is 1020. The first-order chi connectivity index (χ1) is 17.9. The summed E-state index contributed by atoms with van der Waals surface area (Å²) in [4.78, 5) is 13.9. The van der Waals surface area contributed by atoms with Crippen molar-refractivity contribution in [3.05, 3.63) is 75.5 Å². The zero-order chi connectivity index (χ0) is 27.4. The molecule has 0 aliphatic carbocycles. The third kappa shape index (κ3) is 8.06. The average Bonchev–Trinajstić information content (AvgIpc) is 2.92. The van der Waals surface area contributed by atoms with Crippen LogP contribution in [0.15, 0.2) is 42.2 Å². The van der Waals surface area contributed by atoms with Crippen molar-refractivity contribution in [2.45, 2.75) is 130 Å². The minimum atomic E-state index is -0.242. The van der Waals surface area contributed by atoms with Crippen LogP contribution in [0, 0.1) is 0 Å². The van der Waals surface area contributed by atoms with Gasteiger partial charge in [-0.05, 0) is 103 Å². The van der Waals surface area contributed by atoms with E-state index in [0.29, 0.717) is 23.3 Å². The second-order valence-electron chi connectivity index (χ2n) is 10.7. The van der Waals surface area contributed by atoms with E-state index in [1.807, 2.05) is 0 Å². The molecule has 2 rings (SSSR count). The fraction of sp³-hybridized carbons (Fsp3) is 0.571. The second-order valence-corrected chi connectivity index (χ2v) is 10.7. The molecule has 2 aromatic rings. The summed E-state index contributed by atoms with van der Waals surface area (Å²) in [5.74, 6) is 0.806. The van der Waals surface area contributed by atoms with Crippen LogP contribution < -0.4 is 0 Å². The van der Waals surface area contributed by atoms with E-state index in [-0.39, 0.29) is 11.5 Å². The van der Waals surface area contributed by atoms with Crippen LogP contribution >= 0.6 is 0 Å². The first-order valence-corrected chi connectivity index (χ1v) is 15.1. The molecule has 0 radical (unpaired) electrons. The molecule has 37 heavy (non-hydrogen) atoms. The van der Waals surface area contributed by atoms with Gasteiger partial charge >= 0.3 is 0 Å². The van der Waals surface area contributed by atoms with Gasteiger partial charge in [0.1, 0.15) is 0 Å². The smallest absolute Gasteiger partial charge is 0.227 e. The molecule has 3 unspecified atom stereocenters. The van der Waals surface area contributed by atoms with Crippen molar-refractivity contribution in [1.82, 2.24) is 0 Å². The maximum atomic E-state index is 13.9. The molecular weight excluding hydrogens is 452 g/mol. The van der Waals surface area contributed by atoms with Gasteiger partial charge in [0, 0.05) is 5.56 Å². The van der Waals surface area contributed by atoms with Gasteiger partial charge in [-0.2, -0.15) is 0 Å². The maximum absolute atomic E-state index is 13.9. The van der Waals surface area contributed by atoms with Gasteiger partial charge in [-0.15, -0.1) is 0 Å². The number of benzene rings is 2. The Hall–Kier alpha value is -2.35. The SMILES string of the molecule is CCCC(CC)c1ccc(C(CC)CCC)c(C(=O)/C(O)=C/c2cc(CC)ccc2C(CC)CCC)c1. The number of ketones is 1. The van der Waals surface area contributed by atoms with E-state index in [4.69, 9.17) is 0 Å². The second kappa shape index (κ2) is 15.8. The monoisotopic (exact) mass is 504 g/mol. The zero-order valence-electron chi connectivity index (χ0n) is 24.7. The standard InChI is InChI=1S/C35H52O2/c1-8-15-26(12-5)29-19-21-32(28(14-7)17-10-3)33(23-29)35(37)34(36)24-30-22-25(11-4)18-20-31(30)27(13-6)16-9-2/h18-24,26-28,36H,8-17H2,1-7H3/b34-24-. The van der Waals surface area contributed by atoms with E-state index in [9.17, 15) is 9.90 Å². The summed E-state index contributed by atoms with van der Waals surface area (Å²) in [6.45, 7) is 15.4. The van der Waals surface area contributed by atoms with Crippen LogP contribution in [-0.4, -0.2) is 10.9 Å². The average molecular weight is 505 g/mol. The molecule has 0 amide bonds. The molecule has 2 nitrogen and oxygen atoms in total. The lowest BCUT2D eigenvalue weighted by atomic mass is 9.83. The van der Waals surface area contributed by atoms with Crippen LogP contribution in [0.5, 0.6) is 0 Å². The lowest BCUT2D eigenvalue weighted by Crippen LogP contribution is -2.12. The van der Waals surface area contributed by atoms with Crippen LogP contribution in [0.2, 0.25) is 0 Å². The van der Waals surface area contributed by atoms with Gasteiger partial charge < -0.3 is 5.11 Å². The number of carbonyl (C=O) groups is 1. The lowest BCUT2D eigenvalue weighted by molar-refractivity contribution is 0.0978. The molecule has 0 bridgehead atoms. The predicted octanol–water partition coefficient (Wildman–Crippen LogP) is 10.9. The van der Waals surface area contributed by atoms with Crippen molar-refractivity contribution in [3.8, 4) is 0 Å². The maximum Gasteiger partial charge on any atom is 0.227 e. The topological polar surface area (TPSA) is 37.3 Å². The first-order valence-electron chi connectivity index (χ1n) is 15.1. The Morgan fingerprint density at radius 2 is 1.27 bits per heavy atom. The molecular formula is C35H52O2. The minimum absolute atomic E-state index is 0.144. The van der Waals surface area contributed by atoms with E-state index in [0.717, 1.165) is 75.3 Å². The third-order valence-corrected chi connectivity index (χ3v) is 8.15. The Morgan fingerprint density at radius 3 is 1.81 bits per heavy atom. The normalized spacial score (nSPS) is 14.4. The van der Waals surface area contributed by atoms with Gasteiger partial charge in [-0.3, -0.25) is 4.79 Å². The van der Waals surface area contributed by atoms with Crippen molar-refractivity contribution in [3.63, 3.8) is 0 Å². The highest BCUT2D eigenvalue weighted by Gasteiger charge is 2.23. The Labute approximate surface area is 227 Å². The molecule has 0 spiro atoms. The molecule has 1 N–H and O–H groups in total. The molecule has 2 aromatic carbocycles. The minimum Gasteiger partial charge on any atom is -0.504 e. The summed E-state index contributed by atoms with van der Waals surface area (Å²) in [5.41, 5.74) is 6.45. The summed E-state index contributed by atoms with van der Waals surface area (Å²) < 4.78 is 0. The number of carbonyl (C=O) groups excluding carboxylic acids is 1. The number of Topliss-reactive ketones (excluding diaryl/α,β-unsaturated/α-hetero) is 1. The van der Waals surface area contributed by atoms with Crippen LogP contribution in [0.1, 0.15) is 162 Å². The van der Waals surface area contributed by atoms with Crippen LogP contribution in [0.3, 0.4) is 0 Å². The molecule has 0 saturated carbocycles. The lowest BCUT2D eigenvalue weighted by Gasteiger charge is -2.22. The number of rotatable bonds is 16. The number of aliphatic hydroxyl groups is 1. The molecule has 0 saturated heterocycles. The summed E-state index contributed by atoms with van der Waals surface area (Å²) in [6.07, 6.45) is 12.3. The molecule has 0 heterocycles. The van der Waals surface area contributed by atoms with Gasteiger partial charge in [-0.25, -0.2) is 0 Å². The predicted molar refractivity (Wildman–Crippen MR) is 161 cm³/mol. The van der Waals surface area contributed by atoms with E-state index in [1.54, 1.807) is 6.08 Å². The third-order valence-electron chi connectivity index (χ3n) is 8.15. The van der Waals surface area contributed by atoms with E-state index in [1.165, 1.54) is 16.7 Å². The highest BCUT2D eigenvalue weighted by Crippen LogP contribution is 2.34. The molecule has 204 valence electrons. The number of aryl methyl sites for hydroxylation is 1. The van der Waals surface area contributed by atoms with Crippen LogP contribution in [0.4, 0.5) is 0 Å². The van der Waals surface area contributed by atoms with Crippen LogP contribution in [-0.2, 0) is 6.42 Å². The largest absolute Gasteiger partial charge is 0.504 e. The highest BCUT2D eigenvalue weighted by molar-refractivity contribution is 6.10. The summed E-state index contributed by atoms with van der Waals surface area (Å²) in [5, 5.41) is 11.3. The number of aliphatic hydroxyl groups excluding tert-OH is 1. The quantitative estimate of drug-likeness (QED) is 0.140. The van der Waals surface area contributed by atoms with Gasteiger partial charge in [0.05, 0.1) is 0 Å². The fourth-order valence-electron chi connectivity index (χ4n) is 5.88. The van der Waals surface area contributed by atoms with E-state index < -0.39 is 0 Å². The molecule has 0 fully saturated rings. The van der Waals surface area contributed by atoms with Crippen molar-refractivity contribution in [1.29, 1.82) is 0 Å². The summed E-state index contributed by atoms with van der Waals surface area (Å²) >= 11 is 0. The molecule has 2 heteroatoms. The summed E-state index contributed by atoms with van der Waals surface area (Å²) in [7, 11) is 0. The van der Waals surface area contributed by atoms with Gasteiger partial charge in [-0.1, -0.05) is 98.1 Å². The van der Waals surface area contributed by atoms with Gasteiger partial charge in [0.25, 0.3) is 0 Å². The Kier molecular flexibility index (Phi) is 13.2. The van der Waals surface area contributed by atoms with Crippen LogP contribution in [0.25, 0.3) is 6.08 Å². The zero-order valence-corrected chi connectivity index (χ0v) is 24.7.